The van der Waals surface area contributed by atoms with Gasteiger partial charge in [0.25, 0.3) is 0 Å². The molecule has 0 bridgehead atoms. The smallest absolute Gasteiger partial charge is 0.341 e. The number of nitrogens with zero attached hydrogens (tertiary/aromatic N) is 2. The summed E-state index contributed by atoms with van der Waals surface area (Å²) in [5, 5.41) is 6.11. The summed E-state index contributed by atoms with van der Waals surface area (Å²) < 4.78 is 6.05. The number of fused-ring (bicyclic) bond motifs is 1. The zero-order chi connectivity index (χ0) is 18.5. The van der Waals surface area contributed by atoms with E-state index >= 15 is 0 Å². The number of thiophene rings is 2. The van der Waals surface area contributed by atoms with Crippen molar-refractivity contribution < 1.29 is 14.3 Å². The molecule has 26 heavy (non-hydrogen) atoms. The van der Waals surface area contributed by atoms with Crippen molar-refractivity contribution in [1.29, 1.82) is 0 Å². The number of hydrogen-bond acceptors (Lipinski definition) is 8. The monoisotopic (exact) mass is 407 g/mol. The van der Waals surface area contributed by atoms with Crippen LogP contribution in [0.15, 0.2) is 28.9 Å². The van der Waals surface area contributed by atoms with E-state index in [9.17, 15) is 9.59 Å². The summed E-state index contributed by atoms with van der Waals surface area (Å²) in [6.07, 6.45) is 2.29. The van der Waals surface area contributed by atoms with Crippen molar-refractivity contribution in [2.75, 3.05) is 17.7 Å². The molecule has 136 valence electrons. The van der Waals surface area contributed by atoms with Crippen molar-refractivity contribution >= 4 is 61.5 Å². The highest BCUT2D eigenvalue weighted by Crippen LogP contribution is 2.31. The Labute approximate surface area is 163 Å². The van der Waals surface area contributed by atoms with E-state index in [2.05, 4.69) is 15.3 Å². The zero-order valence-electron chi connectivity index (χ0n) is 14.3. The van der Waals surface area contributed by atoms with Crippen LogP contribution in [-0.4, -0.2) is 34.2 Å². The van der Waals surface area contributed by atoms with Gasteiger partial charge in [-0.2, -0.15) is 0 Å². The summed E-state index contributed by atoms with van der Waals surface area (Å²) in [6.45, 7) is 4.06. The van der Waals surface area contributed by atoms with E-state index < -0.39 is 5.97 Å². The number of rotatable bonds is 7. The van der Waals surface area contributed by atoms with Crippen LogP contribution < -0.4 is 5.32 Å². The highest BCUT2D eigenvalue weighted by molar-refractivity contribution is 8.00. The van der Waals surface area contributed by atoms with Gasteiger partial charge in [0.05, 0.1) is 28.1 Å². The van der Waals surface area contributed by atoms with Crippen LogP contribution in [0.25, 0.3) is 10.2 Å². The number of hydrogen-bond donors (Lipinski definition) is 1. The molecule has 1 N–H and O–H groups in total. The van der Waals surface area contributed by atoms with Crippen LogP contribution in [0.2, 0.25) is 0 Å². The molecular formula is C17H17N3O3S3. The lowest BCUT2D eigenvalue weighted by Gasteiger charge is -2.06. The van der Waals surface area contributed by atoms with Gasteiger partial charge >= 0.3 is 5.97 Å². The minimum Gasteiger partial charge on any atom is -0.462 e. The molecule has 6 nitrogen and oxygen atoms in total. The molecule has 3 aromatic heterocycles. The Kier molecular flexibility index (Phi) is 6.23. The molecule has 0 aliphatic heterocycles. The van der Waals surface area contributed by atoms with Crippen LogP contribution in [0.5, 0.6) is 0 Å². The molecule has 9 heteroatoms. The highest BCUT2D eigenvalue weighted by Gasteiger charge is 2.19. The van der Waals surface area contributed by atoms with E-state index in [1.165, 1.54) is 29.4 Å². The molecule has 0 saturated heterocycles. The van der Waals surface area contributed by atoms with Crippen molar-refractivity contribution in [2.45, 2.75) is 25.3 Å². The number of ether oxygens (including phenoxy) is 1. The van der Waals surface area contributed by atoms with Gasteiger partial charge in [-0.05, 0) is 30.9 Å². The molecule has 0 atom stereocenters. The average Bonchev–Trinajstić information content (AvgIpc) is 3.27. The fraction of sp³-hybridized carbons (Fsp3) is 0.294. The maximum atomic E-state index is 12.4. The summed E-state index contributed by atoms with van der Waals surface area (Å²) in [7, 11) is 0. The first-order valence-electron chi connectivity index (χ1n) is 8.03. The van der Waals surface area contributed by atoms with Crippen LogP contribution in [0.4, 0.5) is 5.00 Å². The fourth-order valence-electron chi connectivity index (χ4n) is 2.24. The molecule has 0 aliphatic carbocycles. The third kappa shape index (κ3) is 4.22. The third-order valence-electron chi connectivity index (χ3n) is 3.43. The first-order valence-corrected chi connectivity index (χ1v) is 10.7. The second-order valence-electron chi connectivity index (χ2n) is 5.18. The van der Waals surface area contributed by atoms with Crippen LogP contribution >= 0.6 is 34.4 Å². The van der Waals surface area contributed by atoms with Gasteiger partial charge in [-0.25, -0.2) is 14.8 Å². The van der Waals surface area contributed by atoms with E-state index in [-0.39, 0.29) is 11.7 Å². The van der Waals surface area contributed by atoms with Gasteiger partial charge in [-0.1, -0.05) is 18.7 Å². The van der Waals surface area contributed by atoms with Crippen molar-refractivity contribution in [2.24, 2.45) is 0 Å². The second-order valence-corrected chi connectivity index (χ2v) is 8.20. The van der Waals surface area contributed by atoms with Crippen LogP contribution in [0.3, 0.4) is 0 Å². The maximum Gasteiger partial charge on any atom is 0.341 e. The zero-order valence-corrected chi connectivity index (χ0v) is 16.7. The topological polar surface area (TPSA) is 81.2 Å². The Morgan fingerprint density at radius 1 is 1.31 bits per heavy atom. The number of carbonyl (C=O) groups is 2. The highest BCUT2D eigenvalue weighted by atomic mass is 32.2. The standard InChI is InChI=1S/C17H17N3O3S3/c1-3-10-7-11(17(22)23-4-2)15(26-10)20-13(21)8-25-16-14-12(5-6-24-14)18-9-19-16/h5-7,9H,3-4,8H2,1-2H3,(H,20,21). The normalized spacial score (nSPS) is 10.8. The third-order valence-corrected chi connectivity index (χ3v) is 6.65. The van der Waals surface area contributed by atoms with Gasteiger partial charge < -0.3 is 10.1 Å². The maximum absolute atomic E-state index is 12.4. The number of aromatic nitrogens is 2. The predicted octanol–water partition coefficient (Wildman–Crippen LogP) is 4.22. The van der Waals surface area contributed by atoms with Crippen molar-refractivity contribution in [3.8, 4) is 0 Å². The van der Waals surface area contributed by atoms with E-state index in [1.54, 1.807) is 24.3 Å². The molecule has 3 heterocycles. The van der Waals surface area contributed by atoms with E-state index in [0.717, 1.165) is 26.5 Å². The molecule has 1 amide bonds. The van der Waals surface area contributed by atoms with Crippen molar-refractivity contribution in [3.63, 3.8) is 0 Å². The molecule has 0 unspecified atom stereocenters. The van der Waals surface area contributed by atoms with Crippen molar-refractivity contribution in [3.05, 3.63) is 34.3 Å². The van der Waals surface area contributed by atoms with Gasteiger partial charge in [-0.15, -0.1) is 22.7 Å². The summed E-state index contributed by atoms with van der Waals surface area (Å²) in [6, 6.07) is 3.71. The number of esters is 1. The van der Waals surface area contributed by atoms with E-state index in [0.29, 0.717) is 17.2 Å². The minimum absolute atomic E-state index is 0.187. The molecule has 0 fully saturated rings. The molecule has 3 rings (SSSR count). The number of aryl methyl sites for hydroxylation is 1. The van der Waals surface area contributed by atoms with Crippen LogP contribution in [0.1, 0.15) is 29.1 Å². The second kappa shape index (κ2) is 8.61. The number of nitrogens with one attached hydrogen (secondary N) is 1. The summed E-state index contributed by atoms with van der Waals surface area (Å²) >= 11 is 4.31. The first-order chi connectivity index (χ1) is 12.6. The average molecular weight is 408 g/mol. The SMILES string of the molecule is CCOC(=O)c1cc(CC)sc1NC(=O)CSc1ncnc2ccsc12. The Hall–Kier alpha value is -1.97. The number of amides is 1. The predicted molar refractivity (Wildman–Crippen MR) is 106 cm³/mol. The fourth-order valence-corrected chi connectivity index (χ4v) is 4.98. The largest absolute Gasteiger partial charge is 0.462 e. The molecule has 0 spiro atoms. The van der Waals surface area contributed by atoms with E-state index in [1.807, 2.05) is 18.4 Å². The van der Waals surface area contributed by atoms with Gasteiger partial charge in [0.15, 0.2) is 0 Å². The Bertz CT molecular complexity index is 936. The van der Waals surface area contributed by atoms with Gasteiger partial charge in [0, 0.05) is 4.88 Å². The van der Waals surface area contributed by atoms with Crippen LogP contribution in [-0.2, 0) is 16.0 Å². The van der Waals surface area contributed by atoms with Gasteiger partial charge in [-0.3, -0.25) is 4.79 Å². The lowest BCUT2D eigenvalue weighted by atomic mass is 10.2. The number of carbonyl (C=O) groups excluding carboxylic acids is 2. The molecule has 0 saturated carbocycles. The molecule has 0 aromatic carbocycles. The Morgan fingerprint density at radius 2 is 2.15 bits per heavy atom. The van der Waals surface area contributed by atoms with Gasteiger partial charge in [0.1, 0.15) is 16.4 Å². The van der Waals surface area contributed by atoms with Crippen LogP contribution in [0, 0.1) is 0 Å². The quantitative estimate of drug-likeness (QED) is 0.359. The first kappa shape index (κ1) is 18.8. The number of thioether (sulfide) groups is 1. The summed E-state index contributed by atoms with van der Waals surface area (Å²) in [4.78, 5) is 33.9. The molecule has 0 aliphatic rings. The molecular weight excluding hydrogens is 390 g/mol. The lowest BCUT2D eigenvalue weighted by Crippen LogP contribution is -2.16. The lowest BCUT2D eigenvalue weighted by molar-refractivity contribution is -0.113. The van der Waals surface area contributed by atoms with Crippen molar-refractivity contribution in [1.82, 2.24) is 9.97 Å². The van der Waals surface area contributed by atoms with Gasteiger partial charge in [0.2, 0.25) is 5.91 Å². The molecule has 0 radical (unpaired) electrons. The summed E-state index contributed by atoms with van der Waals surface area (Å²) in [5.74, 6) is -0.401. The summed E-state index contributed by atoms with van der Waals surface area (Å²) in [5.41, 5.74) is 1.29. The minimum atomic E-state index is -0.414. The Morgan fingerprint density at radius 3 is 2.92 bits per heavy atom. The Balaban J connectivity index is 1.69. The molecule has 3 aromatic rings. The number of anilines is 1. The van der Waals surface area contributed by atoms with E-state index in [4.69, 9.17) is 4.74 Å².